The van der Waals surface area contributed by atoms with E-state index in [-0.39, 0.29) is 11.4 Å². The summed E-state index contributed by atoms with van der Waals surface area (Å²) in [6, 6.07) is 19.2. The fraction of sp³-hybridized carbons (Fsp3) is 0.179. The number of aryl methyl sites for hydroxylation is 1. The molecule has 0 fully saturated rings. The van der Waals surface area contributed by atoms with Crippen molar-refractivity contribution in [1.82, 2.24) is 9.99 Å². The lowest BCUT2D eigenvalue weighted by molar-refractivity contribution is -0.114. The molecule has 1 aromatic heterocycles. The van der Waals surface area contributed by atoms with Gasteiger partial charge in [-0.05, 0) is 71.8 Å². The number of ether oxygens (including phenoxy) is 2. The van der Waals surface area contributed by atoms with E-state index in [1.54, 1.807) is 18.5 Å². The van der Waals surface area contributed by atoms with Crippen LogP contribution in [0, 0.1) is 5.41 Å². The largest absolute Gasteiger partial charge is 0.493 e. The van der Waals surface area contributed by atoms with Crippen LogP contribution in [0.15, 0.2) is 88.7 Å². The van der Waals surface area contributed by atoms with Gasteiger partial charge < -0.3 is 9.47 Å². The highest BCUT2D eigenvalue weighted by Crippen LogP contribution is 2.30. The zero-order chi connectivity index (χ0) is 25.6. The Bertz CT molecular complexity index is 1380. The van der Waals surface area contributed by atoms with E-state index in [9.17, 15) is 4.79 Å². The summed E-state index contributed by atoms with van der Waals surface area (Å²) in [5, 5.41) is 15.4. The first-order valence-corrected chi connectivity index (χ1v) is 12.8. The standard InChI is InChI=1S/C28H25N5O3S/c1-2-19-6-10-22(11-7-19)35-15-4-16-36-23-12-8-20(9-13-23)17-24-25(29)33-28(31-26(24)34)37-27(32-33)21-5-3-14-30-18-21/h3,5-14,17-18,29H,2,4,15-16H2,1H3. The Morgan fingerprint density at radius 1 is 1.00 bits per heavy atom. The van der Waals surface area contributed by atoms with E-state index in [1.165, 1.54) is 22.3 Å². The highest BCUT2D eigenvalue weighted by molar-refractivity contribution is 8.27. The number of fused-ring (bicyclic) bond motifs is 1. The summed E-state index contributed by atoms with van der Waals surface area (Å²) < 4.78 is 11.6. The number of pyridine rings is 1. The zero-order valence-corrected chi connectivity index (χ0v) is 21.1. The molecule has 0 saturated heterocycles. The molecule has 2 aromatic carbocycles. The quantitative estimate of drug-likeness (QED) is 0.315. The number of carbonyl (C=O) groups is 1. The summed E-state index contributed by atoms with van der Waals surface area (Å²) in [4.78, 5) is 20.9. The van der Waals surface area contributed by atoms with E-state index in [2.05, 4.69) is 34.1 Å². The van der Waals surface area contributed by atoms with Crippen LogP contribution < -0.4 is 9.47 Å². The van der Waals surface area contributed by atoms with E-state index in [0.717, 1.165) is 35.5 Å². The number of amides is 1. The van der Waals surface area contributed by atoms with Crippen LogP contribution in [-0.2, 0) is 11.2 Å². The number of aliphatic imine (C=N–C) groups is 1. The molecule has 0 spiro atoms. The molecule has 9 heteroatoms. The van der Waals surface area contributed by atoms with Crippen molar-refractivity contribution in [3.63, 3.8) is 0 Å². The predicted molar refractivity (Wildman–Crippen MR) is 146 cm³/mol. The molecule has 1 amide bonds. The van der Waals surface area contributed by atoms with Crippen LogP contribution >= 0.6 is 11.8 Å². The van der Waals surface area contributed by atoms with Crippen molar-refractivity contribution in [2.75, 3.05) is 13.2 Å². The van der Waals surface area contributed by atoms with Gasteiger partial charge in [0.2, 0.25) is 5.17 Å². The lowest BCUT2D eigenvalue weighted by atomic mass is 10.1. The number of nitrogens with one attached hydrogen (secondary N) is 1. The topological polar surface area (TPSA) is 100 Å². The number of carbonyl (C=O) groups excluding carboxylic acids is 1. The Balaban J connectivity index is 1.16. The summed E-state index contributed by atoms with van der Waals surface area (Å²) in [6.07, 6.45) is 6.78. The maximum atomic E-state index is 12.7. The van der Waals surface area contributed by atoms with Crippen LogP contribution in [-0.4, -0.2) is 45.2 Å². The van der Waals surface area contributed by atoms with Crippen LogP contribution in [0.3, 0.4) is 0 Å². The van der Waals surface area contributed by atoms with Crippen molar-refractivity contribution in [1.29, 1.82) is 5.41 Å². The maximum Gasteiger partial charge on any atom is 0.283 e. The predicted octanol–water partition coefficient (Wildman–Crippen LogP) is 5.16. The Labute approximate surface area is 219 Å². The molecule has 5 rings (SSSR count). The van der Waals surface area contributed by atoms with E-state index in [4.69, 9.17) is 14.9 Å². The normalized spacial score (nSPS) is 15.9. The van der Waals surface area contributed by atoms with Crippen molar-refractivity contribution in [3.05, 3.63) is 95.3 Å². The van der Waals surface area contributed by atoms with Crippen LogP contribution in [0.25, 0.3) is 6.08 Å². The average molecular weight is 512 g/mol. The van der Waals surface area contributed by atoms with Gasteiger partial charge in [0.05, 0.1) is 18.8 Å². The summed E-state index contributed by atoms with van der Waals surface area (Å²) in [6.45, 7) is 3.23. The SMILES string of the molecule is CCc1ccc(OCCCOc2ccc(C=C3C(=N)N4N=C(c5cccnc5)SC4=NC3=O)cc2)cc1. The summed E-state index contributed by atoms with van der Waals surface area (Å²) in [7, 11) is 0. The van der Waals surface area contributed by atoms with Gasteiger partial charge in [-0.2, -0.15) is 15.1 Å². The van der Waals surface area contributed by atoms with Gasteiger partial charge in [0.15, 0.2) is 5.84 Å². The van der Waals surface area contributed by atoms with Gasteiger partial charge in [-0.25, -0.2) is 0 Å². The summed E-state index contributed by atoms with van der Waals surface area (Å²) >= 11 is 1.25. The summed E-state index contributed by atoms with van der Waals surface area (Å²) in [5.74, 6) is 1.11. The van der Waals surface area contributed by atoms with Crippen LogP contribution in [0.1, 0.15) is 30.0 Å². The third-order valence-electron chi connectivity index (χ3n) is 5.71. The molecule has 0 unspecified atom stereocenters. The second-order valence-electron chi connectivity index (χ2n) is 8.28. The number of hydrazone groups is 1. The molecule has 186 valence electrons. The number of hydrogen-bond donors (Lipinski definition) is 1. The van der Waals surface area contributed by atoms with Gasteiger partial charge in [0.25, 0.3) is 5.91 Å². The Kier molecular flexibility index (Phi) is 7.41. The lowest BCUT2D eigenvalue weighted by Gasteiger charge is -2.20. The first-order valence-electron chi connectivity index (χ1n) is 12.0. The summed E-state index contributed by atoms with van der Waals surface area (Å²) in [5.41, 5.74) is 3.04. The molecule has 0 aliphatic carbocycles. The molecular weight excluding hydrogens is 486 g/mol. The van der Waals surface area contributed by atoms with Gasteiger partial charge in [-0.3, -0.25) is 15.2 Å². The molecule has 37 heavy (non-hydrogen) atoms. The minimum absolute atomic E-state index is 0.00829. The molecule has 0 radical (unpaired) electrons. The minimum Gasteiger partial charge on any atom is -0.493 e. The van der Waals surface area contributed by atoms with Gasteiger partial charge in [0, 0.05) is 24.4 Å². The molecule has 2 aliphatic heterocycles. The monoisotopic (exact) mass is 511 g/mol. The molecule has 2 aliphatic rings. The zero-order valence-electron chi connectivity index (χ0n) is 20.3. The molecular formula is C28H25N5O3S. The fourth-order valence-electron chi connectivity index (χ4n) is 3.69. The maximum absolute atomic E-state index is 12.7. The number of rotatable bonds is 9. The molecule has 8 nitrogen and oxygen atoms in total. The van der Waals surface area contributed by atoms with Crippen LogP contribution in [0.4, 0.5) is 0 Å². The lowest BCUT2D eigenvalue weighted by Crippen LogP contribution is -2.35. The van der Waals surface area contributed by atoms with Crippen molar-refractivity contribution >= 4 is 39.8 Å². The Morgan fingerprint density at radius 3 is 2.35 bits per heavy atom. The fourth-order valence-corrected chi connectivity index (χ4v) is 4.57. The number of amidine groups is 2. The second kappa shape index (κ2) is 11.2. The second-order valence-corrected chi connectivity index (χ2v) is 9.24. The van der Waals surface area contributed by atoms with Crippen molar-refractivity contribution in [2.24, 2.45) is 10.1 Å². The smallest absolute Gasteiger partial charge is 0.283 e. The third-order valence-corrected chi connectivity index (χ3v) is 6.67. The van der Waals surface area contributed by atoms with Gasteiger partial charge in [-0.15, -0.1) is 0 Å². The van der Waals surface area contributed by atoms with E-state index < -0.39 is 5.91 Å². The van der Waals surface area contributed by atoms with E-state index >= 15 is 0 Å². The van der Waals surface area contributed by atoms with Crippen LogP contribution in [0.2, 0.25) is 0 Å². The van der Waals surface area contributed by atoms with Crippen molar-refractivity contribution < 1.29 is 14.3 Å². The van der Waals surface area contributed by atoms with Gasteiger partial charge in [-0.1, -0.05) is 31.2 Å². The first kappa shape index (κ1) is 24.5. The van der Waals surface area contributed by atoms with Gasteiger partial charge >= 0.3 is 0 Å². The number of aromatic nitrogens is 1. The van der Waals surface area contributed by atoms with E-state index in [1.807, 2.05) is 48.5 Å². The Hall–Kier alpha value is -4.24. The molecule has 0 atom stereocenters. The number of hydrogen-bond acceptors (Lipinski definition) is 7. The third kappa shape index (κ3) is 5.78. The number of benzene rings is 2. The number of nitrogens with zero attached hydrogens (tertiary/aromatic N) is 4. The van der Waals surface area contributed by atoms with Crippen molar-refractivity contribution in [2.45, 2.75) is 19.8 Å². The van der Waals surface area contributed by atoms with E-state index in [0.29, 0.717) is 23.4 Å². The molecule has 3 heterocycles. The number of thioether (sulfide) groups is 1. The van der Waals surface area contributed by atoms with Crippen LogP contribution in [0.5, 0.6) is 11.5 Å². The highest BCUT2D eigenvalue weighted by atomic mass is 32.2. The molecule has 0 bridgehead atoms. The van der Waals surface area contributed by atoms with Crippen molar-refractivity contribution in [3.8, 4) is 11.5 Å². The highest BCUT2D eigenvalue weighted by Gasteiger charge is 2.36. The first-order chi connectivity index (χ1) is 18.1. The van der Waals surface area contributed by atoms with Gasteiger partial charge in [0.1, 0.15) is 16.5 Å². The Morgan fingerprint density at radius 2 is 1.70 bits per heavy atom. The molecule has 0 saturated carbocycles. The minimum atomic E-state index is -0.462. The average Bonchev–Trinajstić information content (AvgIpc) is 3.37. The molecule has 1 N–H and O–H groups in total. The molecule has 3 aromatic rings.